The summed E-state index contributed by atoms with van der Waals surface area (Å²) in [5.41, 5.74) is 3.47. The lowest BCUT2D eigenvalue weighted by Crippen LogP contribution is -2.37. The number of fused-ring (bicyclic) bond motifs is 1. The smallest absolute Gasteiger partial charge is 0.258 e. The molecule has 0 aliphatic carbocycles. The first-order valence-electron chi connectivity index (χ1n) is 9.24. The van der Waals surface area contributed by atoms with Gasteiger partial charge in [0.2, 0.25) is 5.91 Å². The molecule has 2 aromatic carbocycles. The van der Waals surface area contributed by atoms with Gasteiger partial charge in [-0.15, -0.1) is 0 Å². The van der Waals surface area contributed by atoms with Crippen molar-refractivity contribution in [3.63, 3.8) is 0 Å². The molecule has 0 saturated carbocycles. The molecule has 134 valence electrons. The summed E-state index contributed by atoms with van der Waals surface area (Å²) in [5.74, 6) is -0.00716. The van der Waals surface area contributed by atoms with Crippen molar-refractivity contribution in [3.8, 4) is 0 Å². The van der Waals surface area contributed by atoms with Crippen molar-refractivity contribution in [2.24, 2.45) is 5.92 Å². The summed E-state index contributed by atoms with van der Waals surface area (Å²) in [5, 5.41) is 6.22. The fourth-order valence-electron chi connectivity index (χ4n) is 3.75. The zero-order chi connectivity index (χ0) is 17.9. The normalized spacial score (nSPS) is 19.1. The minimum atomic E-state index is -0.0228. The molecule has 0 bridgehead atoms. The number of nitrogens with zero attached hydrogens (tertiary/aromatic N) is 1. The molecule has 1 fully saturated rings. The summed E-state index contributed by atoms with van der Waals surface area (Å²) in [6.45, 7) is 2.39. The van der Waals surface area contributed by atoms with Crippen LogP contribution in [0.1, 0.15) is 28.8 Å². The predicted octanol–water partition coefficient (Wildman–Crippen LogP) is 2.83. The van der Waals surface area contributed by atoms with Crippen LogP contribution in [0.5, 0.6) is 0 Å². The number of para-hydroxylation sites is 1. The van der Waals surface area contributed by atoms with Crippen LogP contribution < -0.4 is 15.5 Å². The molecule has 5 heteroatoms. The van der Waals surface area contributed by atoms with Crippen LogP contribution in [-0.2, 0) is 11.2 Å². The van der Waals surface area contributed by atoms with E-state index in [2.05, 4.69) is 16.7 Å². The van der Waals surface area contributed by atoms with E-state index in [4.69, 9.17) is 0 Å². The minimum absolute atomic E-state index is 0.00596. The Morgan fingerprint density at radius 1 is 1.12 bits per heavy atom. The fraction of sp³-hybridized carbons (Fsp3) is 0.333. The average Bonchev–Trinajstić information content (AvgIpc) is 3.12. The van der Waals surface area contributed by atoms with Crippen molar-refractivity contribution in [2.75, 3.05) is 29.9 Å². The van der Waals surface area contributed by atoms with E-state index in [1.165, 1.54) is 5.56 Å². The van der Waals surface area contributed by atoms with Crippen LogP contribution in [0.25, 0.3) is 0 Å². The molecule has 1 unspecified atom stereocenters. The molecule has 0 radical (unpaired) electrons. The number of piperidine rings is 1. The summed E-state index contributed by atoms with van der Waals surface area (Å²) >= 11 is 0. The first-order chi connectivity index (χ1) is 12.7. The standard InChI is InChI=1S/C21H23N3O2/c25-20(17-7-4-11-22-14-17)23-18-8-3-6-16(13-18)21(26)24-12-10-15-5-1-2-9-19(15)24/h1-3,5-6,8-9,13,17,22H,4,7,10-12,14H2,(H,23,25). The van der Waals surface area contributed by atoms with E-state index in [0.717, 1.165) is 38.0 Å². The van der Waals surface area contributed by atoms with Gasteiger partial charge in [-0.05, 0) is 55.6 Å². The number of benzene rings is 2. The van der Waals surface area contributed by atoms with E-state index in [9.17, 15) is 9.59 Å². The zero-order valence-corrected chi connectivity index (χ0v) is 14.7. The second-order valence-corrected chi connectivity index (χ2v) is 6.95. The molecule has 4 rings (SSSR count). The van der Waals surface area contributed by atoms with Crippen molar-refractivity contribution < 1.29 is 9.59 Å². The van der Waals surface area contributed by atoms with E-state index in [1.807, 2.05) is 35.2 Å². The van der Waals surface area contributed by atoms with Crippen molar-refractivity contribution in [1.29, 1.82) is 0 Å². The van der Waals surface area contributed by atoms with Gasteiger partial charge >= 0.3 is 0 Å². The molecule has 2 aliphatic heterocycles. The highest BCUT2D eigenvalue weighted by Gasteiger charge is 2.25. The molecule has 0 spiro atoms. The van der Waals surface area contributed by atoms with Crippen LogP contribution in [0.15, 0.2) is 48.5 Å². The van der Waals surface area contributed by atoms with E-state index in [1.54, 1.807) is 12.1 Å². The first kappa shape index (κ1) is 16.8. The van der Waals surface area contributed by atoms with Crippen molar-refractivity contribution in [3.05, 3.63) is 59.7 Å². The molecule has 1 atom stereocenters. The Hall–Kier alpha value is -2.66. The Balaban J connectivity index is 1.49. The van der Waals surface area contributed by atoms with Gasteiger partial charge in [-0.2, -0.15) is 0 Å². The van der Waals surface area contributed by atoms with E-state index in [-0.39, 0.29) is 17.7 Å². The second-order valence-electron chi connectivity index (χ2n) is 6.95. The predicted molar refractivity (Wildman–Crippen MR) is 102 cm³/mol. The van der Waals surface area contributed by atoms with Crippen LogP contribution in [0.3, 0.4) is 0 Å². The van der Waals surface area contributed by atoms with Gasteiger partial charge in [0, 0.05) is 30.0 Å². The number of hydrogen-bond donors (Lipinski definition) is 2. The van der Waals surface area contributed by atoms with Crippen LogP contribution in [0.4, 0.5) is 11.4 Å². The Morgan fingerprint density at radius 2 is 2.00 bits per heavy atom. The Bertz CT molecular complexity index is 828. The molecular weight excluding hydrogens is 326 g/mol. The van der Waals surface area contributed by atoms with Crippen LogP contribution >= 0.6 is 0 Å². The molecule has 5 nitrogen and oxygen atoms in total. The number of rotatable bonds is 3. The molecule has 2 heterocycles. The minimum Gasteiger partial charge on any atom is -0.326 e. The lowest BCUT2D eigenvalue weighted by molar-refractivity contribution is -0.120. The molecular formula is C21H23N3O2. The van der Waals surface area contributed by atoms with Crippen LogP contribution in [0, 0.1) is 5.92 Å². The van der Waals surface area contributed by atoms with E-state index in [0.29, 0.717) is 17.8 Å². The number of amides is 2. The van der Waals surface area contributed by atoms with Gasteiger partial charge in [-0.1, -0.05) is 24.3 Å². The third-order valence-electron chi connectivity index (χ3n) is 5.18. The number of carbonyl (C=O) groups excluding carboxylic acids is 2. The molecule has 0 aromatic heterocycles. The van der Waals surface area contributed by atoms with Gasteiger partial charge in [0.05, 0.1) is 5.92 Å². The summed E-state index contributed by atoms with van der Waals surface area (Å²) in [6.07, 6.45) is 2.81. The van der Waals surface area contributed by atoms with E-state index >= 15 is 0 Å². The number of hydrogen-bond acceptors (Lipinski definition) is 3. The Labute approximate surface area is 153 Å². The third-order valence-corrected chi connectivity index (χ3v) is 5.18. The lowest BCUT2D eigenvalue weighted by Gasteiger charge is -2.22. The fourth-order valence-corrected chi connectivity index (χ4v) is 3.75. The van der Waals surface area contributed by atoms with Gasteiger partial charge in [0.1, 0.15) is 0 Å². The number of carbonyl (C=O) groups is 2. The van der Waals surface area contributed by atoms with Gasteiger partial charge in [-0.3, -0.25) is 9.59 Å². The summed E-state index contributed by atoms with van der Waals surface area (Å²) < 4.78 is 0. The van der Waals surface area contributed by atoms with Crippen LogP contribution in [-0.4, -0.2) is 31.4 Å². The monoisotopic (exact) mass is 349 g/mol. The highest BCUT2D eigenvalue weighted by atomic mass is 16.2. The molecule has 2 amide bonds. The number of anilines is 2. The summed E-state index contributed by atoms with van der Waals surface area (Å²) in [7, 11) is 0. The Kier molecular flexibility index (Phi) is 4.71. The van der Waals surface area contributed by atoms with Crippen molar-refractivity contribution >= 4 is 23.2 Å². The maximum absolute atomic E-state index is 13.0. The van der Waals surface area contributed by atoms with Gasteiger partial charge in [0.15, 0.2) is 0 Å². The molecule has 2 aromatic rings. The maximum atomic E-state index is 13.0. The first-order valence-corrected chi connectivity index (χ1v) is 9.24. The third kappa shape index (κ3) is 3.35. The largest absolute Gasteiger partial charge is 0.326 e. The van der Waals surface area contributed by atoms with Crippen molar-refractivity contribution in [2.45, 2.75) is 19.3 Å². The Morgan fingerprint density at radius 3 is 2.85 bits per heavy atom. The second kappa shape index (κ2) is 7.30. The molecule has 2 aliphatic rings. The van der Waals surface area contributed by atoms with Crippen LogP contribution in [0.2, 0.25) is 0 Å². The van der Waals surface area contributed by atoms with Gasteiger partial charge in [0.25, 0.3) is 5.91 Å². The average molecular weight is 349 g/mol. The summed E-state index contributed by atoms with van der Waals surface area (Å²) in [6, 6.07) is 15.3. The van der Waals surface area contributed by atoms with E-state index < -0.39 is 0 Å². The SMILES string of the molecule is O=C(Nc1cccc(C(=O)N2CCc3ccccc32)c1)C1CCCNC1. The van der Waals surface area contributed by atoms with Crippen molar-refractivity contribution in [1.82, 2.24) is 5.32 Å². The quantitative estimate of drug-likeness (QED) is 0.896. The highest BCUT2D eigenvalue weighted by Crippen LogP contribution is 2.29. The molecule has 2 N–H and O–H groups in total. The number of nitrogens with one attached hydrogen (secondary N) is 2. The highest BCUT2D eigenvalue weighted by molar-refractivity contribution is 6.08. The zero-order valence-electron chi connectivity index (χ0n) is 14.7. The van der Waals surface area contributed by atoms with Gasteiger partial charge < -0.3 is 15.5 Å². The molecule has 26 heavy (non-hydrogen) atoms. The van der Waals surface area contributed by atoms with Gasteiger partial charge in [-0.25, -0.2) is 0 Å². The lowest BCUT2D eigenvalue weighted by atomic mass is 9.98. The summed E-state index contributed by atoms with van der Waals surface area (Å²) in [4.78, 5) is 27.2. The molecule has 1 saturated heterocycles. The maximum Gasteiger partial charge on any atom is 0.258 e. The topological polar surface area (TPSA) is 61.4 Å².